The summed E-state index contributed by atoms with van der Waals surface area (Å²) in [5.41, 5.74) is -0.961. The average molecular weight is 227 g/mol. The van der Waals surface area contributed by atoms with Crippen LogP contribution in [0, 0.1) is 15.9 Å². The Morgan fingerprint density at radius 3 is 2.50 bits per heavy atom. The highest BCUT2D eigenvalue weighted by Crippen LogP contribution is 2.17. The summed E-state index contributed by atoms with van der Waals surface area (Å²) in [6.07, 6.45) is -0.852. The minimum Gasteiger partial charge on any atom is -0.481 e. The first-order valence-electron chi connectivity index (χ1n) is 4.10. The molecule has 0 bridgehead atoms. The zero-order chi connectivity index (χ0) is 12.3. The molecule has 1 N–H and O–H groups in total. The second-order valence-corrected chi connectivity index (χ2v) is 2.91. The smallest absolute Gasteiger partial charge is 0.311 e. The lowest BCUT2D eigenvalue weighted by atomic mass is 10.1. The quantitative estimate of drug-likeness (QED) is 0.362. The van der Waals surface area contributed by atoms with Crippen molar-refractivity contribution in [3.05, 3.63) is 39.7 Å². The number of aliphatic carboxylic acids is 1. The van der Waals surface area contributed by atoms with Crippen LogP contribution in [0.5, 0.6) is 0 Å². The van der Waals surface area contributed by atoms with Crippen LogP contribution in [0.15, 0.2) is 18.2 Å². The predicted octanol–water partition coefficient (Wildman–Crippen LogP) is 1.39. The van der Waals surface area contributed by atoms with Gasteiger partial charge in [0.05, 0.1) is 16.6 Å². The molecule has 1 aromatic carbocycles. The van der Waals surface area contributed by atoms with E-state index in [-0.39, 0.29) is 0 Å². The lowest BCUT2D eigenvalue weighted by Gasteiger charge is -1.99. The zero-order valence-electron chi connectivity index (χ0n) is 7.84. The van der Waals surface area contributed by atoms with Crippen molar-refractivity contribution in [1.82, 2.24) is 0 Å². The number of nitro benzene ring substituents is 1. The molecular weight excluding hydrogens is 221 g/mol. The maximum atomic E-state index is 13.2. The number of hydrogen-bond acceptors (Lipinski definition) is 4. The third-order valence-corrected chi connectivity index (χ3v) is 1.78. The maximum Gasteiger partial charge on any atom is 0.311 e. The Balaban J connectivity index is 3.03. The molecule has 0 unspecified atom stereocenters. The number of nitro groups is 1. The lowest BCUT2D eigenvalue weighted by Crippen LogP contribution is -2.09. The Morgan fingerprint density at radius 2 is 2.06 bits per heavy atom. The van der Waals surface area contributed by atoms with Gasteiger partial charge in [0.2, 0.25) is 0 Å². The first-order valence-corrected chi connectivity index (χ1v) is 4.10. The van der Waals surface area contributed by atoms with Crippen molar-refractivity contribution in [2.75, 3.05) is 0 Å². The maximum absolute atomic E-state index is 13.2. The molecule has 0 aliphatic heterocycles. The summed E-state index contributed by atoms with van der Waals surface area (Å²) < 4.78 is 13.2. The summed E-state index contributed by atoms with van der Waals surface area (Å²) in [5.74, 6) is -3.41. The van der Waals surface area contributed by atoms with Crippen LogP contribution in [0.25, 0.3) is 0 Å². The van der Waals surface area contributed by atoms with Crippen LogP contribution in [0.1, 0.15) is 16.8 Å². The van der Waals surface area contributed by atoms with Crippen molar-refractivity contribution in [1.29, 1.82) is 0 Å². The van der Waals surface area contributed by atoms with Gasteiger partial charge < -0.3 is 5.11 Å². The molecule has 16 heavy (non-hydrogen) atoms. The first-order chi connectivity index (χ1) is 7.41. The topological polar surface area (TPSA) is 97.5 Å². The predicted molar refractivity (Wildman–Crippen MR) is 49.6 cm³/mol. The molecule has 0 radical (unpaired) electrons. The van der Waals surface area contributed by atoms with E-state index in [0.29, 0.717) is 6.07 Å². The second kappa shape index (κ2) is 4.47. The molecule has 0 aliphatic rings. The van der Waals surface area contributed by atoms with Gasteiger partial charge in [-0.05, 0) is 6.07 Å². The van der Waals surface area contributed by atoms with E-state index < -0.39 is 40.2 Å². The molecule has 1 rings (SSSR count). The van der Waals surface area contributed by atoms with Crippen LogP contribution in [0.4, 0.5) is 10.1 Å². The molecule has 84 valence electrons. The summed E-state index contributed by atoms with van der Waals surface area (Å²) in [7, 11) is 0. The van der Waals surface area contributed by atoms with Crippen LogP contribution >= 0.6 is 0 Å². The number of carbonyl (C=O) groups is 2. The van der Waals surface area contributed by atoms with Gasteiger partial charge in [0.25, 0.3) is 5.69 Å². The highest BCUT2D eigenvalue weighted by molar-refractivity contribution is 6.05. The second-order valence-electron chi connectivity index (χ2n) is 2.91. The van der Waals surface area contributed by atoms with E-state index >= 15 is 0 Å². The third kappa shape index (κ3) is 2.59. The minimum atomic E-state index is -1.39. The Labute approximate surface area is 88.5 Å². The minimum absolute atomic E-state index is 0.465. The van der Waals surface area contributed by atoms with Gasteiger partial charge in [-0.1, -0.05) is 0 Å². The molecule has 0 atom stereocenters. The molecule has 0 aromatic heterocycles. The summed E-state index contributed by atoms with van der Waals surface area (Å²) in [6, 6.07) is 2.42. The molecule has 0 saturated carbocycles. The number of carboxylic acid groups (broad SMARTS) is 1. The average Bonchev–Trinajstić information content (AvgIpc) is 2.15. The van der Waals surface area contributed by atoms with Gasteiger partial charge in [0.15, 0.2) is 5.78 Å². The highest BCUT2D eigenvalue weighted by Gasteiger charge is 2.17. The number of nitrogens with zero attached hydrogens (tertiary/aromatic N) is 1. The lowest BCUT2D eigenvalue weighted by molar-refractivity contribution is -0.385. The fourth-order valence-electron chi connectivity index (χ4n) is 1.08. The number of ketones is 1. The normalized spacial score (nSPS) is 9.81. The molecular formula is C9H6FNO5. The van der Waals surface area contributed by atoms with E-state index in [0.717, 1.165) is 12.1 Å². The van der Waals surface area contributed by atoms with Crippen LogP contribution in [-0.2, 0) is 4.79 Å². The van der Waals surface area contributed by atoms with Gasteiger partial charge >= 0.3 is 5.97 Å². The van der Waals surface area contributed by atoms with Gasteiger partial charge in [-0.3, -0.25) is 19.7 Å². The van der Waals surface area contributed by atoms with Crippen molar-refractivity contribution in [3.63, 3.8) is 0 Å². The largest absolute Gasteiger partial charge is 0.481 e. The van der Waals surface area contributed by atoms with Crippen LogP contribution < -0.4 is 0 Å². The van der Waals surface area contributed by atoms with Crippen molar-refractivity contribution in [3.8, 4) is 0 Å². The molecule has 0 heterocycles. The Bertz CT molecular complexity index is 471. The number of non-ortho nitro benzene ring substituents is 1. The highest BCUT2D eigenvalue weighted by atomic mass is 19.1. The van der Waals surface area contributed by atoms with E-state index in [1.54, 1.807) is 0 Å². The van der Waals surface area contributed by atoms with Crippen molar-refractivity contribution in [2.45, 2.75) is 6.42 Å². The van der Waals surface area contributed by atoms with E-state index in [1.165, 1.54) is 0 Å². The van der Waals surface area contributed by atoms with Crippen LogP contribution in [-0.4, -0.2) is 21.8 Å². The standard InChI is InChI=1S/C9H6FNO5/c10-7-3-5(11(15)16)1-2-6(7)8(12)4-9(13)14/h1-3H,4H2,(H,13,14). The van der Waals surface area contributed by atoms with Crippen LogP contribution in [0.3, 0.4) is 0 Å². The van der Waals surface area contributed by atoms with Gasteiger partial charge in [-0.25, -0.2) is 4.39 Å². The molecule has 7 heteroatoms. The Kier molecular flexibility index (Phi) is 3.29. The number of Topliss-reactive ketones (excluding diaryl/α,β-unsaturated/α-hetero) is 1. The fraction of sp³-hybridized carbons (Fsp3) is 0.111. The van der Waals surface area contributed by atoms with Crippen molar-refractivity contribution in [2.24, 2.45) is 0 Å². The van der Waals surface area contributed by atoms with Gasteiger partial charge in [-0.2, -0.15) is 0 Å². The summed E-state index contributed by atoms with van der Waals surface area (Å²) in [5, 5.41) is 18.6. The first kappa shape index (κ1) is 11.8. The van der Waals surface area contributed by atoms with Crippen molar-refractivity contribution >= 4 is 17.4 Å². The van der Waals surface area contributed by atoms with Crippen molar-refractivity contribution < 1.29 is 24.0 Å². The zero-order valence-corrected chi connectivity index (χ0v) is 7.84. The Morgan fingerprint density at radius 1 is 1.44 bits per heavy atom. The van der Waals surface area contributed by atoms with Gasteiger partial charge in [0, 0.05) is 6.07 Å². The number of carbonyl (C=O) groups excluding carboxylic acids is 1. The molecule has 0 amide bonds. The molecule has 0 spiro atoms. The summed E-state index contributed by atoms with van der Waals surface area (Å²) >= 11 is 0. The van der Waals surface area contributed by atoms with E-state index in [1.807, 2.05) is 0 Å². The molecule has 0 fully saturated rings. The Hall–Kier alpha value is -2.31. The fourth-order valence-corrected chi connectivity index (χ4v) is 1.08. The summed E-state index contributed by atoms with van der Waals surface area (Å²) in [6.45, 7) is 0. The third-order valence-electron chi connectivity index (χ3n) is 1.78. The molecule has 0 aliphatic carbocycles. The van der Waals surface area contributed by atoms with Crippen LogP contribution in [0.2, 0.25) is 0 Å². The summed E-state index contributed by atoms with van der Waals surface area (Å²) in [4.78, 5) is 30.8. The number of hydrogen-bond donors (Lipinski definition) is 1. The van der Waals surface area contributed by atoms with E-state index in [4.69, 9.17) is 5.11 Å². The van der Waals surface area contributed by atoms with E-state index in [9.17, 15) is 24.1 Å². The molecule has 6 nitrogen and oxygen atoms in total. The number of rotatable bonds is 4. The molecule has 0 saturated heterocycles. The number of benzene rings is 1. The SMILES string of the molecule is O=C(O)CC(=O)c1ccc([N+](=O)[O-])cc1F. The monoisotopic (exact) mass is 227 g/mol. The molecule has 1 aromatic rings. The number of carboxylic acids is 1. The van der Waals surface area contributed by atoms with Gasteiger partial charge in [0.1, 0.15) is 12.2 Å². The van der Waals surface area contributed by atoms with Gasteiger partial charge in [-0.15, -0.1) is 0 Å². The van der Waals surface area contributed by atoms with E-state index in [2.05, 4.69) is 0 Å². The number of halogens is 1.